The van der Waals surface area contributed by atoms with Gasteiger partial charge in [-0.1, -0.05) is 32.5 Å². The van der Waals surface area contributed by atoms with Gasteiger partial charge in [-0.25, -0.2) is 0 Å². The minimum Gasteiger partial charge on any atom is -0.481 e. The summed E-state index contributed by atoms with van der Waals surface area (Å²) in [6.07, 6.45) is 1.86. The van der Waals surface area contributed by atoms with Gasteiger partial charge >= 0.3 is 0 Å². The number of hydrogen-bond donors (Lipinski definition) is 1. The van der Waals surface area contributed by atoms with E-state index in [9.17, 15) is 0 Å². The van der Waals surface area contributed by atoms with Crippen LogP contribution in [-0.4, -0.2) is 42.7 Å². The molecule has 0 aliphatic carbocycles. The summed E-state index contributed by atoms with van der Waals surface area (Å²) in [6.45, 7) is 6.43. The Hall–Kier alpha value is -1.50. The van der Waals surface area contributed by atoms with Crippen LogP contribution in [0, 0.1) is 5.41 Å². The van der Waals surface area contributed by atoms with Gasteiger partial charge in [0, 0.05) is 13.3 Å². The minimum atomic E-state index is 0.0185. The Labute approximate surface area is 124 Å². The first-order valence-corrected chi connectivity index (χ1v) is 7.12. The molecule has 1 rings (SSSR count). The Balaban J connectivity index is 3.01. The van der Waals surface area contributed by atoms with E-state index in [0.29, 0.717) is 16.9 Å². The van der Waals surface area contributed by atoms with E-state index in [0.717, 1.165) is 0 Å². The maximum atomic E-state index is 5.16. The van der Waals surface area contributed by atoms with E-state index < -0.39 is 0 Å². The summed E-state index contributed by atoms with van der Waals surface area (Å²) in [7, 11) is 4.91. The second-order valence-corrected chi connectivity index (χ2v) is 6.25. The third kappa shape index (κ3) is 4.88. The van der Waals surface area contributed by atoms with Crippen LogP contribution < -0.4 is 14.9 Å². The molecule has 7 heteroatoms. The molecular weight excluding hydrogens is 276 g/mol. The van der Waals surface area contributed by atoms with Gasteiger partial charge in [-0.3, -0.25) is 0 Å². The Bertz CT molecular complexity index is 438. The van der Waals surface area contributed by atoms with E-state index in [1.54, 1.807) is 27.3 Å². The van der Waals surface area contributed by atoms with E-state index >= 15 is 0 Å². The topological polar surface area (TPSA) is 68.6 Å². The highest BCUT2D eigenvalue weighted by Crippen LogP contribution is 2.34. The molecule has 0 spiro atoms. The van der Waals surface area contributed by atoms with Crippen LogP contribution in [0.15, 0.2) is 16.3 Å². The molecule has 1 atom stereocenters. The molecule has 0 radical (unpaired) electrons. The van der Waals surface area contributed by atoms with Gasteiger partial charge in [0.15, 0.2) is 5.16 Å². The average molecular weight is 298 g/mol. The van der Waals surface area contributed by atoms with Crippen LogP contribution in [0.5, 0.6) is 11.8 Å². The van der Waals surface area contributed by atoms with Gasteiger partial charge < -0.3 is 14.9 Å². The average Bonchev–Trinajstić information content (AvgIpc) is 2.41. The van der Waals surface area contributed by atoms with Crippen molar-refractivity contribution in [1.29, 1.82) is 0 Å². The summed E-state index contributed by atoms with van der Waals surface area (Å²) in [5.74, 6) is 0.968. The summed E-state index contributed by atoms with van der Waals surface area (Å²) < 4.78 is 10.3. The van der Waals surface area contributed by atoms with Crippen molar-refractivity contribution in [3.05, 3.63) is 6.07 Å². The summed E-state index contributed by atoms with van der Waals surface area (Å²) >= 11 is 1.52. The second kappa shape index (κ2) is 7.33. The van der Waals surface area contributed by atoms with Gasteiger partial charge in [0.05, 0.1) is 25.5 Å². The first-order chi connectivity index (χ1) is 9.40. The van der Waals surface area contributed by atoms with Crippen LogP contribution in [0.25, 0.3) is 0 Å². The lowest BCUT2D eigenvalue weighted by molar-refractivity contribution is 0.364. The molecule has 0 aromatic carbocycles. The maximum Gasteiger partial charge on any atom is 0.220 e. The predicted molar refractivity (Wildman–Crippen MR) is 81.8 cm³/mol. The molecule has 0 amide bonds. The monoisotopic (exact) mass is 298 g/mol. The molecule has 0 fully saturated rings. The van der Waals surface area contributed by atoms with E-state index in [1.165, 1.54) is 11.8 Å². The van der Waals surface area contributed by atoms with Crippen molar-refractivity contribution in [2.75, 3.05) is 21.3 Å². The quantitative estimate of drug-likeness (QED) is 0.376. The van der Waals surface area contributed by atoms with Crippen molar-refractivity contribution in [1.82, 2.24) is 15.4 Å². The predicted octanol–water partition coefficient (Wildman–Crippen LogP) is 2.21. The van der Waals surface area contributed by atoms with Crippen LogP contribution in [0.1, 0.15) is 20.8 Å². The molecule has 0 aliphatic heterocycles. The molecule has 1 aromatic heterocycles. The van der Waals surface area contributed by atoms with Crippen molar-refractivity contribution >= 4 is 18.0 Å². The number of thioether (sulfide) groups is 1. The highest BCUT2D eigenvalue weighted by molar-refractivity contribution is 8.00. The van der Waals surface area contributed by atoms with Gasteiger partial charge in [0.25, 0.3) is 0 Å². The maximum absolute atomic E-state index is 5.16. The van der Waals surface area contributed by atoms with Gasteiger partial charge in [0.1, 0.15) is 0 Å². The van der Waals surface area contributed by atoms with Crippen LogP contribution in [0.3, 0.4) is 0 Å². The molecule has 1 N–H and O–H groups in total. The number of nitrogens with one attached hydrogen (secondary N) is 1. The summed E-state index contributed by atoms with van der Waals surface area (Å²) in [6, 6.07) is 1.65. The standard InChI is InChI=1S/C13H22N4O2S/c1-13(2,3)9(8-15-14-4)20-12-16-10(18-5)7-11(17-12)19-6/h7-9,14H,1-6H3. The number of ether oxygens (including phenoxy) is 2. The fourth-order valence-electron chi connectivity index (χ4n) is 1.33. The highest BCUT2D eigenvalue weighted by atomic mass is 32.2. The van der Waals surface area contributed by atoms with Gasteiger partial charge in [0.2, 0.25) is 11.8 Å². The third-order valence-electron chi connectivity index (χ3n) is 2.50. The van der Waals surface area contributed by atoms with Crippen LogP contribution in [-0.2, 0) is 0 Å². The smallest absolute Gasteiger partial charge is 0.220 e. The number of methoxy groups -OCH3 is 2. The van der Waals surface area contributed by atoms with Crippen LogP contribution in [0.4, 0.5) is 0 Å². The largest absolute Gasteiger partial charge is 0.481 e. The molecule has 20 heavy (non-hydrogen) atoms. The number of hydrogen-bond acceptors (Lipinski definition) is 7. The van der Waals surface area contributed by atoms with E-state index in [-0.39, 0.29) is 10.7 Å². The Kier molecular flexibility index (Phi) is 6.06. The molecule has 0 saturated carbocycles. The van der Waals surface area contributed by atoms with Crippen molar-refractivity contribution in [3.8, 4) is 11.8 Å². The van der Waals surface area contributed by atoms with E-state index in [4.69, 9.17) is 9.47 Å². The lowest BCUT2D eigenvalue weighted by Crippen LogP contribution is -2.25. The zero-order valence-corrected chi connectivity index (χ0v) is 13.6. The molecule has 0 bridgehead atoms. The normalized spacial score (nSPS) is 13.3. The Morgan fingerprint density at radius 2 is 1.80 bits per heavy atom. The fraction of sp³-hybridized carbons (Fsp3) is 0.615. The summed E-state index contributed by atoms with van der Waals surface area (Å²) in [5, 5.41) is 4.82. The zero-order chi connectivity index (χ0) is 15.2. The molecular formula is C13H22N4O2S. The zero-order valence-electron chi connectivity index (χ0n) is 12.8. The summed E-state index contributed by atoms with van der Waals surface area (Å²) in [5.41, 5.74) is 2.79. The number of hydrazone groups is 1. The van der Waals surface area contributed by atoms with Crippen molar-refractivity contribution in [2.24, 2.45) is 10.5 Å². The van der Waals surface area contributed by atoms with E-state index in [2.05, 4.69) is 41.3 Å². The van der Waals surface area contributed by atoms with Gasteiger partial charge in [-0.15, -0.1) is 0 Å². The molecule has 1 unspecified atom stereocenters. The van der Waals surface area contributed by atoms with Crippen molar-refractivity contribution < 1.29 is 9.47 Å². The molecule has 112 valence electrons. The van der Waals surface area contributed by atoms with Crippen molar-refractivity contribution in [3.63, 3.8) is 0 Å². The van der Waals surface area contributed by atoms with Crippen molar-refractivity contribution in [2.45, 2.75) is 31.2 Å². The second-order valence-electron chi connectivity index (χ2n) is 5.14. The number of aromatic nitrogens is 2. The van der Waals surface area contributed by atoms with Crippen LogP contribution >= 0.6 is 11.8 Å². The number of nitrogens with zero attached hydrogens (tertiary/aromatic N) is 3. The van der Waals surface area contributed by atoms with Gasteiger partial charge in [-0.2, -0.15) is 15.1 Å². The first kappa shape index (κ1) is 16.6. The Morgan fingerprint density at radius 1 is 1.25 bits per heavy atom. The van der Waals surface area contributed by atoms with Gasteiger partial charge in [-0.05, 0) is 5.41 Å². The lowest BCUT2D eigenvalue weighted by atomic mass is 9.92. The SMILES string of the molecule is CNN=CC(Sc1nc(OC)cc(OC)n1)C(C)(C)C. The first-order valence-electron chi connectivity index (χ1n) is 6.24. The van der Waals surface area contributed by atoms with Crippen LogP contribution in [0.2, 0.25) is 0 Å². The third-order valence-corrected chi connectivity index (χ3v) is 3.98. The molecule has 6 nitrogen and oxygen atoms in total. The molecule has 1 aromatic rings. The molecule has 0 saturated heterocycles. The Morgan fingerprint density at radius 3 is 2.20 bits per heavy atom. The molecule has 1 heterocycles. The fourth-order valence-corrected chi connectivity index (χ4v) is 2.32. The highest BCUT2D eigenvalue weighted by Gasteiger charge is 2.26. The number of rotatable bonds is 6. The molecule has 0 aliphatic rings. The minimum absolute atomic E-state index is 0.0185. The lowest BCUT2D eigenvalue weighted by Gasteiger charge is -2.26. The summed E-state index contributed by atoms with van der Waals surface area (Å²) in [4.78, 5) is 8.66. The van der Waals surface area contributed by atoms with E-state index in [1.807, 2.05) is 6.21 Å².